The minimum Gasteiger partial charge on any atom is -0.493 e. The number of hydrogen-bond acceptors (Lipinski definition) is 6. The number of nitrogens with one attached hydrogen (secondary N) is 4. The Morgan fingerprint density at radius 2 is 1.39 bits per heavy atom. The molecule has 4 N–H and O–H groups in total. The number of thiocarbonyl (C=S) groups is 1. The fraction of sp³-hybridized carbons (Fsp3) is 0.130. The molecule has 0 atom stereocenters. The second-order valence-electron chi connectivity index (χ2n) is 6.65. The Morgan fingerprint density at radius 1 is 0.788 bits per heavy atom. The Balaban J connectivity index is 1.67. The van der Waals surface area contributed by atoms with E-state index in [0.717, 1.165) is 0 Å². The molecule has 1 aromatic heterocycles. The van der Waals surface area contributed by atoms with Crippen LogP contribution in [0.25, 0.3) is 0 Å². The summed E-state index contributed by atoms with van der Waals surface area (Å²) in [5.74, 6) is 0.363. The van der Waals surface area contributed by atoms with Crippen molar-refractivity contribution >= 4 is 40.5 Å². The highest BCUT2D eigenvalue weighted by molar-refractivity contribution is 7.80. The van der Waals surface area contributed by atoms with Gasteiger partial charge in [0.1, 0.15) is 0 Å². The quantitative estimate of drug-likeness (QED) is 0.458. The van der Waals surface area contributed by atoms with E-state index in [9.17, 15) is 9.59 Å². The van der Waals surface area contributed by atoms with Gasteiger partial charge in [0.25, 0.3) is 11.8 Å². The molecule has 0 aliphatic rings. The van der Waals surface area contributed by atoms with Gasteiger partial charge < -0.3 is 24.8 Å². The Labute approximate surface area is 196 Å². The zero-order valence-electron chi connectivity index (χ0n) is 18.2. The van der Waals surface area contributed by atoms with Crippen LogP contribution >= 0.6 is 12.2 Å². The summed E-state index contributed by atoms with van der Waals surface area (Å²) in [4.78, 5) is 27.9. The number of aromatic nitrogens is 1. The molecule has 170 valence electrons. The fourth-order valence-electron chi connectivity index (χ4n) is 2.97. The lowest BCUT2D eigenvalue weighted by molar-refractivity contribution is -0.378. The summed E-state index contributed by atoms with van der Waals surface area (Å²) >= 11 is 5.27. The predicted molar refractivity (Wildman–Crippen MR) is 127 cm³/mol. The Kier molecular flexibility index (Phi) is 7.77. The predicted octanol–water partition coefficient (Wildman–Crippen LogP) is 2.91. The van der Waals surface area contributed by atoms with Gasteiger partial charge in [0.15, 0.2) is 29.0 Å². The van der Waals surface area contributed by atoms with Crippen LogP contribution in [0.5, 0.6) is 17.2 Å². The van der Waals surface area contributed by atoms with Crippen molar-refractivity contribution in [1.29, 1.82) is 0 Å². The molecule has 2 amide bonds. The SMILES string of the molecule is COc1cc(C(=O)NC(=S)Nc2cccc(NC(=O)c3cc[nH+]cc3)c2)cc(OC)c1OC. The van der Waals surface area contributed by atoms with E-state index in [1.165, 1.54) is 33.5 Å². The standard InChI is InChI=1S/C23H22N4O5S/c1-30-18-11-15(12-19(31-2)20(18)32-3)22(29)27-23(33)26-17-6-4-5-16(13-17)25-21(28)14-7-9-24-10-8-14/h4-13H,1-3H3,(H,25,28)(H2,26,27,29,33)/p+1. The van der Waals surface area contributed by atoms with Crippen LogP contribution in [0, 0.1) is 0 Å². The first kappa shape index (κ1) is 23.5. The molecular formula is C23H23N4O5S+. The lowest BCUT2D eigenvalue weighted by Crippen LogP contribution is -2.34. The van der Waals surface area contributed by atoms with E-state index in [1.54, 1.807) is 48.8 Å². The summed E-state index contributed by atoms with van der Waals surface area (Å²) in [5.41, 5.74) is 1.94. The number of H-pyrrole nitrogens is 1. The van der Waals surface area contributed by atoms with E-state index in [4.69, 9.17) is 26.4 Å². The molecule has 2 aromatic carbocycles. The number of carbonyl (C=O) groups excluding carboxylic acids is 2. The number of benzene rings is 2. The average molecular weight is 468 g/mol. The van der Waals surface area contributed by atoms with E-state index < -0.39 is 5.91 Å². The van der Waals surface area contributed by atoms with Crippen molar-refractivity contribution < 1.29 is 28.8 Å². The lowest BCUT2D eigenvalue weighted by atomic mass is 10.1. The maximum absolute atomic E-state index is 12.7. The van der Waals surface area contributed by atoms with Gasteiger partial charge in [-0.05, 0) is 42.5 Å². The summed E-state index contributed by atoms with van der Waals surface area (Å²) in [6.07, 6.45) is 3.34. The minimum atomic E-state index is -0.461. The maximum Gasteiger partial charge on any atom is 0.257 e. The number of pyridine rings is 1. The first-order valence-corrected chi connectivity index (χ1v) is 10.2. The molecule has 0 saturated heterocycles. The minimum absolute atomic E-state index is 0.0795. The van der Waals surface area contributed by atoms with Crippen LogP contribution in [0.1, 0.15) is 20.7 Å². The molecule has 0 aliphatic heterocycles. The zero-order chi connectivity index (χ0) is 23.8. The second-order valence-corrected chi connectivity index (χ2v) is 7.05. The highest BCUT2D eigenvalue weighted by Gasteiger charge is 2.18. The number of aromatic amines is 1. The van der Waals surface area contributed by atoms with Crippen LogP contribution in [0.4, 0.5) is 11.4 Å². The Morgan fingerprint density at radius 3 is 1.97 bits per heavy atom. The second kappa shape index (κ2) is 10.9. The van der Waals surface area contributed by atoms with Crippen molar-refractivity contribution in [3.05, 3.63) is 72.1 Å². The maximum atomic E-state index is 12.7. The van der Waals surface area contributed by atoms with Crippen molar-refractivity contribution in [2.24, 2.45) is 0 Å². The molecule has 9 nitrogen and oxygen atoms in total. The van der Waals surface area contributed by atoms with E-state index >= 15 is 0 Å². The highest BCUT2D eigenvalue weighted by Crippen LogP contribution is 2.38. The average Bonchev–Trinajstić information content (AvgIpc) is 2.83. The van der Waals surface area contributed by atoms with Gasteiger partial charge in [0, 0.05) is 29.1 Å². The summed E-state index contributed by atoms with van der Waals surface area (Å²) in [7, 11) is 4.41. The molecule has 0 spiro atoms. The fourth-order valence-corrected chi connectivity index (χ4v) is 3.18. The van der Waals surface area contributed by atoms with Crippen LogP contribution in [0.3, 0.4) is 0 Å². The Bertz CT molecular complexity index is 1150. The number of amides is 2. The molecule has 0 fully saturated rings. The van der Waals surface area contributed by atoms with Gasteiger partial charge in [0.2, 0.25) is 5.75 Å². The molecule has 3 rings (SSSR count). The van der Waals surface area contributed by atoms with E-state index in [-0.39, 0.29) is 16.6 Å². The third kappa shape index (κ3) is 5.95. The van der Waals surface area contributed by atoms with E-state index in [2.05, 4.69) is 20.9 Å². The van der Waals surface area contributed by atoms with Gasteiger partial charge in [0.05, 0.1) is 26.9 Å². The zero-order valence-corrected chi connectivity index (χ0v) is 19.0. The van der Waals surface area contributed by atoms with Gasteiger partial charge in [-0.15, -0.1) is 0 Å². The molecule has 0 aliphatic carbocycles. The first-order chi connectivity index (χ1) is 15.9. The van der Waals surface area contributed by atoms with Crippen LogP contribution in [0.15, 0.2) is 60.9 Å². The third-order valence-corrected chi connectivity index (χ3v) is 4.72. The molecule has 1 heterocycles. The molecular weight excluding hydrogens is 444 g/mol. The highest BCUT2D eigenvalue weighted by atomic mass is 32.1. The molecule has 0 unspecified atom stereocenters. The summed E-state index contributed by atoms with van der Waals surface area (Å²) in [6.45, 7) is 0. The van der Waals surface area contributed by atoms with Crippen molar-refractivity contribution in [2.75, 3.05) is 32.0 Å². The number of rotatable bonds is 7. The van der Waals surface area contributed by atoms with Crippen LogP contribution < -0.4 is 35.1 Å². The molecule has 0 saturated carbocycles. The number of anilines is 2. The van der Waals surface area contributed by atoms with Crippen molar-refractivity contribution in [1.82, 2.24) is 5.32 Å². The molecule has 0 radical (unpaired) electrons. The van der Waals surface area contributed by atoms with Crippen molar-refractivity contribution in [3.63, 3.8) is 0 Å². The van der Waals surface area contributed by atoms with E-state index in [1.807, 2.05) is 0 Å². The van der Waals surface area contributed by atoms with Gasteiger partial charge in [-0.25, -0.2) is 4.98 Å². The van der Waals surface area contributed by atoms with Gasteiger partial charge in [-0.2, -0.15) is 0 Å². The molecule has 3 aromatic rings. The topological polar surface area (TPSA) is 112 Å². The number of hydrogen-bond donors (Lipinski definition) is 3. The number of carbonyl (C=O) groups is 2. The summed E-state index contributed by atoms with van der Waals surface area (Å²) in [6, 6.07) is 13.3. The molecule has 33 heavy (non-hydrogen) atoms. The Hall–Kier alpha value is -4.18. The van der Waals surface area contributed by atoms with Crippen molar-refractivity contribution in [2.45, 2.75) is 0 Å². The lowest BCUT2D eigenvalue weighted by Gasteiger charge is -2.15. The summed E-state index contributed by atoms with van der Waals surface area (Å²) < 4.78 is 15.8. The van der Waals surface area contributed by atoms with Crippen LogP contribution in [-0.4, -0.2) is 38.3 Å². The van der Waals surface area contributed by atoms with Gasteiger partial charge in [-0.1, -0.05) is 6.07 Å². The summed E-state index contributed by atoms with van der Waals surface area (Å²) in [5, 5.41) is 8.43. The van der Waals surface area contributed by atoms with Gasteiger partial charge >= 0.3 is 0 Å². The third-order valence-electron chi connectivity index (χ3n) is 4.51. The normalized spacial score (nSPS) is 10.0. The largest absolute Gasteiger partial charge is 0.493 e. The van der Waals surface area contributed by atoms with Crippen LogP contribution in [-0.2, 0) is 0 Å². The smallest absolute Gasteiger partial charge is 0.257 e. The van der Waals surface area contributed by atoms with Crippen LogP contribution in [0.2, 0.25) is 0 Å². The molecule has 10 heteroatoms. The van der Waals surface area contributed by atoms with Gasteiger partial charge in [-0.3, -0.25) is 14.9 Å². The molecule has 0 bridgehead atoms. The van der Waals surface area contributed by atoms with E-state index in [0.29, 0.717) is 34.2 Å². The number of ether oxygens (including phenoxy) is 3. The first-order valence-electron chi connectivity index (χ1n) is 9.75. The monoisotopic (exact) mass is 467 g/mol. The van der Waals surface area contributed by atoms with Crippen molar-refractivity contribution in [3.8, 4) is 17.2 Å². The number of methoxy groups -OCH3 is 3.